The van der Waals surface area contributed by atoms with Crippen molar-refractivity contribution in [2.75, 3.05) is 13.6 Å². The molecular formula is C11H24N-. The van der Waals surface area contributed by atoms with Crippen LogP contribution in [-0.2, 0) is 0 Å². The Morgan fingerprint density at radius 2 is 1.67 bits per heavy atom. The molecule has 0 bridgehead atoms. The van der Waals surface area contributed by atoms with Crippen molar-refractivity contribution in [3.63, 3.8) is 0 Å². The first-order valence-corrected chi connectivity index (χ1v) is 4.98. The number of hydrogen-bond acceptors (Lipinski definition) is 1. The van der Waals surface area contributed by atoms with Gasteiger partial charge < -0.3 is 11.3 Å². The number of hydrogen-bond donors (Lipinski definition) is 0. The molecule has 0 aromatic rings. The molecule has 12 heavy (non-hydrogen) atoms. The third-order valence-electron chi connectivity index (χ3n) is 2.98. The zero-order chi connectivity index (χ0) is 9.72. The first kappa shape index (κ1) is 12.0. The van der Waals surface area contributed by atoms with E-state index in [4.69, 9.17) is 0 Å². The van der Waals surface area contributed by atoms with Gasteiger partial charge in [0.2, 0.25) is 0 Å². The monoisotopic (exact) mass is 170 g/mol. The van der Waals surface area contributed by atoms with Gasteiger partial charge in [0.15, 0.2) is 0 Å². The summed E-state index contributed by atoms with van der Waals surface area (Å²) in [5.74, 6) is 1.55. The molecule has 0 aliphatic heterocycles. The zero-order valence-electron chi connectivity index (χ0n) is 9.46. The van der Waals surface area contributed by atoms with E-state index >= 15 is 0 Å². The van der Waals surface area contributed by atoms with Gasteiger partial charge in [0.1, 0.15) is 0 Å². The van der Waals surface area contributed by atoms with Gasteiger partial charge in [-0.1, -0.05) is 20.8 Å². The van der Waals surface area contributed by atoms with E-state index in [0.29, 0.717) is 6.04 Å². The summed E-state index contributed by atoms with van der Waals surface area (Å²) < 4.78 is 0. The van der Waals surface area contributed by atoms with Crippen molar-refractivity contribution in [3.8, 4) is 0 Å². The molecule has 0 radical (unpaired) electrons. The van der Waals surface area contributed by atoms with Crippen LogP contribution in [0.25, 0.3) is 0 Å². The maximum atomic E-state index is 2.41. The van der Waals surface area contributed by atoms with Crippen LogP contribution in [0.5, 0.6) is 0 Å². The van der Waals surface area contributed by atoms with E-state index < -0.39 is 0 Å². The quantitative estimate of drug-likeness (QED) is 0.573. The molecule has 0 aromatic heterocycles. The molecule has 0 spiro atoms. The molecular weight excluding hydrogens is 146 g/mol. The van der Waals surface area contributed by atoms with E-state index in [0.717, 1.165) is 18.4 Å². The van der Waals surface area contributed by atoms with Crippen molar-refractivity contribution < 1.29 is 0 Å². The van der Waals surface area contributed by atoms with Gasteiger partial charge in [-0.3, -0.25) is 0 Å². The minimum Gasteiger partial charge on any atom is -0.333 e. The highest BCUT2D eigenvalue weighted by Crippen LogP contribution is 2.17. The van der Waals surface area contributed by atoms with Crippen molar-refractivity contribution in [1.29, 1.82) is 0 Å². The molecule has 0 aliphatic carbocycles. The Morgan fingerprint density at radius 1 is 1.17 bits per heavy atom. The van der Waals surface area contributed by atoms with Crippen LogP contribution in [0, 0.1) is 18.3 Å². The summed E-state index contributed by atoms with van der Waals surface area (Å²) in [7, 11) is 2.20. The second-order valence-electron chi connectivity index (χ2n) is 4.19. The van der Waals surface area contributed by atoms with Crippen LogP contribution in [0.3, 0.4) is 0 Å². The molecule has 0 amide bonds. The Balaban J connectivity index is 3.90. The fraction of sp³-hybridized carbons (Fsp3) is 0.909. The van der Waals surface area contributed by atoms with Gasteiger partial charge in [0, 0.05) is 6.04 Å². The van der Waals surface area contributed by atoms with Crippen molar-refractivity contribution >= 4 is 0 Å². The fourth-order valence-corrected chi connectivity index (χ4v) is 1.41. The molecule has 2 unspecified atom stereocenters. The molecule has 0 saturated heterocycles. The summed E-state index contributed by atoms with van der Waals surface area (Å²) in [6.45, 7) is 12.5. The van der Waals surface area contributed by atoms with Crippen molar-refractivity contribution in [2.45, 2.75) is 40.7 Å². The average molecular weight is 170 g/mol. The van der Waals surface area contributed by atoms with E-state index in [2.05, 4.69) is 53.0 Å². The van der Waals surface area contributed by atoms with Crippen molar-refractivity contribution in [2.24, 2.45) is 11.8 Å². The number of rotatable bonds is 5. The fourth-order valence-electron chi connectivity index (χ4n) is 1.41. The second-order valence-corrected chi connectivity index (χ2v) is 4.19. The highest BCUT2D eigenvalue weighted by atomic mass is 15.1. The zero-order valence-corrected chi connectivity index (χ0v) is 9.46. The average Bonchev–Trinajstić information content (AvgIpc) is 2.02. The lowest BCUT2D eigenvalue weighted by Crippen LogP contribution is -2.37. The van der Waals surface area contributed by atoms with Crippen LogP contribution in [0.15, 0.2) is 0 Å². The highest BCUT2D eigenvalue weighted by molar-refractivity contribution is 4.75. The third kappa shape index (κ3) is 3.57. The topological polar surface area (TPSA) is 3.24 Å². The Labute approximate surface area is 78.1 Å². The molecule has 2 atom stereocenters. The van der Waals surface area contributed by atoms with Gasteiger partial charge in [0.25, 0.3) is 0 Å². The largest absolute Gasteiger partial charge is 0.333 e. The van der Waals surface area contributed by atoms with Gasteiger partial charge in [-0.2, -0.15) is 6.92 Å². The Morgan fingerprint density at radius 3 is 2.00 bits per heavy atom. The SMILES string of the molecule is C[CH-]CN(C)C(C)C(C)C(C)C. The summed E-state index contributed by atoms with van der Waals surface area (Å²) in [6, 6.07) is 0.682. The predicted octanol–water partition coefficient (Wildman–Crippen LogP) is 2.82. The molecule has 1 heteroatoms. The van der Waals surface area contributed by atoms with Gasteiger partial charge in [-0.15, -0.1) is 6.54 Å². The minimum atomic E-state index is 0.682. The summed E-state index contributed by atoms with van der Waals surface area (Å²) >= 11 is 0. The summed E-state index contributed by atoms with van der Waals surface area (Å²) in [6.07, 6.45) is 2.21. The molecule has 0 aliphatic rings. The van der Waals surface area contributed by atoms with E-state index in [1.54, 1.807) is 0 Å². The normalized spacial score (nSPS) is 17.0. The lowest BCUT2D eigenvalue weighted by Gasteiger charge is -2.34. The van der Waals surface area contributed by atoms with E-state index in [9.17, 15) is 0 Å². The molecule has 0 N–H and O–H groups in total. The summed E-state index contributed by atoms with van der Waals surface area (Å²) in [4.78, 5) is 2.41. The van der Waals surface area contributed by atoms with E-state index in [1.807, 2.05) is 0 Å². The first-order valence-electron chi connectivity index (χ1n) is 4.98. The molecule has 0 rings (SSSR count). The van der Waals surface area contributed by atoms with Gasteiger partial charge in [-0.25, -0.2) is 0 Å². The van der Waals surface area contributed by atoms with Crippen LogP contribution in [0.2, 0.25) is 0 Å². The van der Waals surface area contributed by atoms with Crippen LogP contribution in [0.1, 0.15) is 34.6 Å². The molecule has 0 aromatic carbocycles. The maximum Gasteiger partial charge on any atom is 0.00635 e. The smallest absolute Gasteiger partial charge is 0.00635 e. The van der Waals surface area contributed by atoms with Crippen molar-refractivity contribution in [3.05, 3.63) is 6.42 Å². The molecule has 1 nitrogen and oxygen atoms in total. The molecule has 74 valence electrons. The van der Waals surface area contributed by atoms with Crippen molar-refractivity contribution in [1.82, 2.24) is 4.90 Å². The Hall–Kier alpha value is -0.0400. The molecule has 0 saturated carbocycles. The summed E-state index contributed by atoms with van der Waals surface area (Å²) in [5, 5.41) is 0. The standard InChI is InChI=1S/C11H24N/c1-7-8-12(6)11(5)10(4)9(2)3/h7,9-11H,8H2,1-6H3/q-1. The van der Waals surface area contributed by atoms with E-state index in [-0.39, 0.29) is 0 Å². The third-order valence-corrected chi connectivity index (χ3v) is 2.98. The number of nitrogens with zero attached hydrogens (tertiary/aromatic N) is 1. The van der Waals surface area contributed by atoms with Crippen LogP contribution in [0.4, 0.5) is 0 Å². The minimum absolute atomic E-state index is 0.682. The molecule has 0 fully saturated rings. The Kier molecular flexibility index (Phi) is 5.56. The highest BCUT2D eigenvalue weighted by Gasteiger charge is 2.17. The maximum absolute atomic E-state index is 2.41. The first-order chi connectivity index (χ1) is 5.50. The van der Waals surface area contributed by atoms with Gasteiger partial charge >= 0.3 is 0 Å². The van der Waals surface area contributed by atoms with Crippen LogP contribution >= 0.6 is 0 Å². The Bertz CT molecular complexity index is 110. The van der Waals surface area contributed by atoms with Gasteiger partial charge in [-0.05, 0) is 25.8 Å². The molecule has 0 heterocycles. The lowest BCUT2D eigenvalue weighted by atomic mass is 9.90. The van der Waals surface area contributed by atoms with Crippen LogP contribution in [-0.4, -0.2) is 24.5 Å². The van der Waals surface area contributed by atoms with Gasteiger partial charge in [0.05, 0.1) is 0 Å². The van der Waals surface area contributed by atoms with E-state index in [1.165, 1.54) is 0 Å². The second kappa shape index (κ2) is 5.58. The van der Waals surface area contributed by atoms with Crippen LogP contribution < -0.4 is 0 Å². The predicted molar refractivity (Wildman–Crippen MR) is 56.1 cm³/mol. The lowest BCUT2D eigenvalue weighted by molar-refractivity contribution is 0.178. The summed E-state index contributed by atoms with van der Waals surface area (Å²) in [5.41, 5.74) is 0.